The van der Waals surface area contributed by atoms with Crippen molar-refractivity contribution in [2.24, 2.45) is 0 Å². The highest BCUT2D eigenvalue weighted by molar-refractivity contribution is 6.35. The van der Waals surface area contributed by atoms with E-state index >= 15 is 0 Å². The topological polar surface area (TPSA) is 35.8 Å². The Morgan fingerprint density at radius 1 is 1.11 bits per heavy atom. The van der Waals surface area contributed by atoms with Gasteiger partial charge in [-0.1, -0.05) is 23.2 Å². The minimum absolute atomic E-state index is 0.599. The first-order valence-electron chi connectivity index (χ1n) is 5.33. The molecule has 0 atom stereocenters. The standard InChI is InChI=1S/C14H10Cl2N2/c1-9-6-12(4-2-10(9)8-17)18-14-7-11(15)3-5-13(14)16/h2-7,18H,1H3. The summed E-state index contributed by atoms with van der Waals surface area (Å²) in [6.45, 7) is 1.89. The van der Waals surface area contributed by atoms with Gasteiger partial charge in [0.25, 0.3) is 0 Å². The van der Waals surface area contributed by atoms with Crippen molar-refractivity contribution in [3.8, 4) is 6.07 Å². The molecule has 2 nitrogen and oxygen atoms in total. The van der Waals surface area contributed by atoms with Crippen LogP contribution in [0.2, 0.25) is 10.0 Å². The fraction of sp³-hybridized carbons (Fsp3) is 0.0714. The van der Waals surface area contributed by atoms with E-state index in [9.17, 15) is 0 Å². The molecule has 90 valence electrons. The summed E-state index contributed by atoms with van der Waals surface area (Å²) in [4.78, 5) is 0. The van der Waals surface area contributed by atoms with Crippen LogP contribution in [0, 0.1) is 18.3 Å². The van der Waals surface area contributed by atoms with Crippen LogP contribution in [0.5, 0.6) is 0 Å². The summed E-state index contributed by atoms with van der Waals surface area (Å²) in [7, 11) is 0. The third kappa shape index (κ3) is 2.76. The molecule has 0 saturated carbocycles. The van der Waals surface area contributed by atoms with Gasteiger partial charge in [-0.2, -0.15) is 5.26 Å². The van der Waals surface area contributed by atoms with Gasteiger partial charge in [0.1, 0.15) is 0 Å². The number of hydrogen-bond donors (Lipinski definition) is 1. The van der Waals surface area contributed by atoms with Crippen molar-refractivity contribution >= 4 is 34.6 Å². The normalized spacial score (nSPS) is 9.89. The number of hydrogen-bond acceptors (Lipinski definition) is 2. The summed E-state index contributed by atoms with van der Waals surface area (Å²) < 4.78 is 0. The van der Waals surface area contributed by atoms with Crippen molar-refractivity contribution in [3.63, 3.8) is 0 Å². The van der Waals surface area contributed by atoms with Gasteiger partial charge in [0, 0.05) is 10.7 Å². The molecule has 18 heavy (non-hydrogen) atoms. The van der Waals surface area contributed by atoms with Crippen molar-refractivity contribution in [1.29, 1.82) is 5.26 Å². The molecular formula is C14H10Cl2N2. The van der Waals surface area contributed by atoms with Crippen molar-refractivity contribution in [3.05, 3.63) is 57.6 Å². The van der Waals surface area contributed by atoms with Gasteiger partial charge in [-0.15, -0.1) is 0 Å². The molecule has 0 radical (unpaired) electrons. The lowest BCUT2D eigenvalue weighted by atomic mass is 10.1. The zero-order valence-corrected chi connectivity index (χ0v) is 11.2. The average Bonchev–Trinajstić information content (AvgIpc) is 2.34. The monoisotopic (exact) mass is 276 g/mol. The summed E-state index contributed by atoms with van der Waals surface area (Å²) in [6, 6.07) is 12.9. The van der Waals surface area contributed by atoms with Crippen LogP contribution in [0.4, 0.5) is 11.4 Å². The minimum atomic E-state index is 0.599. The van der Waals surface area contributed by atoms with Crippen molar-refractivity contribution in [1.82, 2.24) is 0 Å². The highest BCUT2D eigenvalue weighted by Gasteiger charge is 2.03. The van der Waals surface area contributed by atoms with Crippen LogP contribution in [-0.4, -0.2) is 0 Å². The number of nitrogens with one attached hydrogen (secondary N) is 1. The third-order valence-corrected chi connectivity index (χ3v) is 3.12. The Kier molecular flexibility index (Phi) is 3.76. The van der Waals surface area contributed by atoms with Gasteiger partial charge in [-0.05, 0) is 48.9 Å². The van der Waals surface area contributed by atoms with E-state index < -0.39 is 0 Å². The Morgan fingerprint density at radius 3 is 2.56 bits per heavy atom. The van der Waals surface area contributed by atoms with Gasteiger partial charge in [0.05, 0.1) is 22.3 Å². The number of benzene rings is 2. The van der Waals surface area contributed by atoms with Crippen molar-refractivity contribution < 1.29 is 0 Å². The maximum atomic E-state index is 8.87. The molecule has 0 spiro atoms. The molecule has 0 saturated heterocycles. The van der Waals surface area contributed by atoms with Crippen LogP contribution in [0.1, 0.15) is 11.1 Å². The Morgan fingerprint density at radius 2 is 1.89 bits per heavy atom. The molecule has 0 aromatic heterocycles. The van der Waals surface area contributed by atoms with Crippen LogP contribution < -0.4 is 5.32 Å². The first kappa shape index (κ1) is 12.8. The highest BCUT2D eigenvalue weighted by atomic mass is 35.5. The molecule has 2 aromatic rings. The zero-order chi connectivity index (χ0) is 13.1. The second-order valence-corrected chi connectivity index (χ2v) is 4.73. The van der Waals surface area contributed by atoms with Gasteiger partial charge in [0.15, 0.2) is 0 Å². The van der Waals surface area contributed by atoms with Crippen molar-refractivity contribution in [2.45, 2.75) is 6.92 Å². The van der Waals surface area contributed by atoms with Crippen LogP contribution in [0.15, 0.2) is 36.4 Å². The SMILES string of the molecule is Cc1cc(Nc2cc(Cl)ccc2Cl)ccc1C#N. The van der Waals surface area contributed by atoms with Crippen LogP contribution in [-0.2, 0) is 0 Å². The molecule has 0 bridgehead atoms. The summed E-state index contributed by atoms with van der Waals surface area (Å²) in [5.41, 5.74) is 3.20. The molecule has 0 aliphatic heterocycles. The summed E-state index contributed by atoms with van der Waals surface area (Å²) in [6.07, 6.45) is 0. The van der Waals surface area contributed by atoms with Gasteiger partial charge >= 0.3 is 0 Å². The lowest BCUT2D eigenvalue weighted by Gasteiger charge is -2.10. The molecular weight excluding hydrogens is 267 g/mol. The predicted molar refractivity (Wildman–Crippen MR) is 75.6 cm³/mol. The van der Waals surface area contributed by atoms with Crippen molar-refractivity contribution in [2.75, 3.05) is 5.32 Å². The van der Waals surface area contributed by atoms with Crippen LogP contribution in [0.25, 0.3) is 0 Å². The van der Waals surface area contributed by atoms with E-state index in [-0.39, 0.29) is 0 Å². The van der Waals surface area contributed by atoms with E-state index in [1.807, 2.05) is 19.1 Å². The molecule has 0 fully saturated rings. The molecule has 0 unspecified atom stereocenters. The second-order valence-electron chi connectivity index (χ2n) is 3.89. The molecule has 0 aliphatic rings. The maximum Gasteiger partial charge on any atom is 0.0994 e. The number of nitriles is 1. The van der Waals surface area contributed by atoms with E-state index in [0.717, 1.165) is 16.9 Å². The van der Waals surface area contributed by atoms with E-state index in [1.54, 1.807) is 24.3 Å². The van der Waals surface area contributed by atoms with E-state index in [0.29, 0.717) is 15.6 Å². The lowest BCUT2D eigenvalue weighted by molar-refractivity contribution is 1.39. The Hall–Kier alpha value is -1.69. The third-order valence-electron chi connectivity index (χ3n) is 2.55. The number of aryl methyl sites for hydroxylation is 1. The number of rotatable bonds is 2. The number of nitrogens with zero attached hydrogens (tertiary/aromatic N) is 1. The second kappa shape index (κ2) is 5.30. The highest BCUT2D eigenvalue weighted by Crippen LogP contribution is 2.29. The van der Waals surface area contributed by atoms with E-state index in [4.69, 9.17) is 28.5 Å². The quantitative estimate of drug-likeness (QED) is 0.845. The van der Waals surface area contributed by atoms with E-state index in [1.165, 1.54) is 0 Å². The Balaban J connectivity index is 2.32. The summed E-state index contributed by atoms with van der Waals surface area (Å²) >= 11 is 12.0. The summed E-state index contributed by atoms with van der Waals surface area (Å²) in [5, 5.41) is 13.3. The molecule has 0 aliphatic carbocycles. The molecule has 4 heteroatoms. The average molecular weight is 277 g/mol. The van der Waals surface area contributed by atoms with Gasteiger partial charge < -0.3 is 5.32 Å². The van der Waals surface area contributed by atoms with Gasteiger partial charge in [-0.3, -0.25) is 0 Å². The fourth-order valence-corrected chi connectivity index (χ4v) is 1.95. The molecule has 2 aromatic carbocycles. The van der Waals surface area contributed by atoms with Crippen LogP contribution in [0.3, 0.4) is 0 Å². The molecule has 2 rings (SSSR count). The molecule has 1 N–H and O–H groups in total. The first-order chi connectivity index (χ1) is 8.60. The first-order valence-corrected chi connectivity index (χ1v) is 6.08. The van der Waals surface area contributed by atoms with E-state index in [2.05, 4.69) is 11.4 Å². The molecule has 0 amide bonds. The smallest absolute Gasteiger partial charge is 0.0994 e. The Bertz CT molecular complexity index is 630. The molecule has 0 heterocycles. The fourth-order valence-electron chi connectivity index (χ4n) is 1.62. The van der Waals surface area contributed by atoms with Gasteiger partial charge in [-0.25, -0.2) is 0 Å². The largest absolute Gasteiger partial charge is 0.354 e. The number of anilines is 2. The predicted octanol–water partition coefficient (Wildman–Crippen LogP) is 4.92. The Labute approximate surface area is 116 Å². The lowest BCUT2D eigenvalue weighted by Crippen LogP contribution is -1.93. The zero-order valence-electron chi connectivity index (χ0n) is 9.67. The number of halogens is 2. The van der Waals surface area contributed by atoms with Gasteiger partial charge in [0.2, 0.25) is 0 Å². The minimum Gasteiger partial charge on any atom is -0.354 e. The summed E-state index contributed by atoms with van der Waals surface area (Å²) in [5.74, 6) is 0. The maximum absolute atomic E-state index is 8.87. The van der Waals surface area contributed by atoms with Crippen LogP contribution >= 0.6 is 23.2 Å².